The Bertz CT molecular complexity index is 588. The van der Waals surface area contributed by atoms with Crippen LogP contribution in [0, 0.1) is 19.7 Å². The lowest BCUT2D eigenvalue weighted by atomic mass is 10.1. The fourth-order valence-corrected chi connectivity index (χ4v) is 1.59. The van der Waals surface area contributed by atoms with Gasteiger partial charge in [0, 0.05) is 11.4 Å². The molecular formula is C14H14FN3O. The summed E-state index contributed by atoms with van der Waals surface area (Å²) in [5, 5.41) is 3.95. The summed E-state index contributed by atoms with van der Waals surface area (Å²) in [6.45, 7) is 5.49. The van der Waals surface area contributed by atoms with E-state index in [0.717, 1.165) is 17.0 Å². The van der Waals surface area contributed by atoms with E-state index >= 15 is 0 Å². The number of nitrogens with zero attached hydrogens (tertiary/aromatic N) is 3. The Morgan fingerprint density at radius 1 is 1.11 bits per heavy atom. The van der Waals surface area contributed by atoms with E-state index in [9.17, 15) is 4.39 Å². The first-order valence-corrected chi connectivity index (χ1v) is 5.84. The number of hydrogen-bond donors (Lipinski definition) is 0. The molecule has 0 N–H and O–H groups in total. The molecule has 1 aromatic carbocycles. The highest BCUT2D eigenvalue weighted by Gasteiger charge is 2.02. The maximum atomic E-state index is 12.8. The Morgan fingerprint density at radius 2 is 1.68 bits per heavy atom. The number of oxime groups is 1. The van der Waals surface area contributed by atoms with Crippen LogP contribution >= 0.6 is 0 Å². The predicted molar refractivity (Wildman–Crippen MR) is 70.7 cm³/mol. The van der Waals surface area contributed by atoms with Crippen LogP contribution in [0.25, 0.3) is 0 Å². The Balaban J connectivity index is 2.15. The zero-order chi connectivity index (χ0) is 13.8. The van der Waals surface area contributed by atoms with Gasteiger partial charge in [0.05, 0.1) is 5.71 Å². The van der Waals surface area contributed by atoms with Crippen molar-refractivity contribution in [1.82, 2.24) is 9.97 Å². The van der Waals surface area contributed by atoms with Gasteiger partial charge in [0.25, 0.3) is 0 Å². The number of aromatic nitrogens is 2. The van der Waals surface area contributed by atoms with Gasteiger partial charge in [-0.3, -0.25) is 0 Å². The summed E-state index contributed by atoms with van der Waals surface area (Å²) in [5.74, 6) is -0.282. The first kappa shape index (κ1) is 13.1. The van der Waals surface area contributed by atoms with Crippen molar-refractivity contribution in [3.8, 4) is 6.01 Å². The lowest BCUT2D eigenvalue weighted by Crippen LogP contribution is -2.01. The van der Waals surface area contributed by atoms with E-state index in [2.05, 4.69) is 15.1 Å². The summed E-state index contributed by atoms with van der Waals surface area (Å²) in [5.41, 5.74) is 3.04. The number of rotatable bonds is 3. The van der Waals surface area contributed by atoms with Gasteiger partial charge in [-0.2, -0.15) is 9.97 Å². The van der Waals surface area contributed by atoms with E-state index < -0.39 is 0 Å². The number of halogens is 1. The number of hydrogen-bond acceptors (Lipinski definition) is 4. The summed E-state index contributed by atoms with van der Waals surface area (Å²) in [6, 6.07) is 8.09. The van der Waals surface area contributed by atoms with Crippen molar-refractivity contribution in [2.45, 2.75) is 20.8 Å². The maximum Gasteiger partial charge on any atom is 0.346 e. The Hall–Kier alpha value is -2.30. The van der Waals surface area contributed by atoms with Crippen LogP contribution in [-0.4, -0.2) is 15.7 Å². The molecule has 98 valence electrons. The fourth-order valence-electron chi connectivity index (χ4n) is 1.59. The Labute approximate surface area is 111 Å². The molecule has 5 heteroatoms. The van der Waals surface area contributed by atoms with E-state index in [1.165, 1.54) is 12.1 Å². The van der Waals surface area contributed by atoms with E-state index in [1.807, 2.05) is 19.9 Å². The highest BCUT2D eigenvalue weighted by molar-refractivity contribution is 5.98. The minimum absolute atomic E-state index is 0.207. The van der Waals surface area contributed by atoms with Gasteiger partial charge in [0.2, 0.25) is 0 Å². The molecule has 0 spiro atoms. The fraction of sp³-hybridized carbons (Fsp3) is 0.214. The van der Waals surface area contributed by atoms with Crippen LogP contribution in [-0.2, 0) is 0 Å². The highest BCUT2D eigenvalue weighted by atomic mass is 19.1. The molecule has 0 aliphatic heterocycles. The smallest absolute Gasteiger partial charge is 0.315 e. The molecule has 0 aliphatic rings. The zero-order valence-corrected chi connectivity index (χ0v) is 11.0. The Kier molecular flexibility index (Phi) is 3.85. The average Bonchev–Trinajstić information content (AvgIpc) is 2.36. The summed E-state index contributed by atoms with van der Waals surface area (Å²) < 4.78 is 12.8. The quantitative estimate of drug-likeness (QED) is 0.628. The predicted octanol–water partition coefficient (Wildman–Crippen LogP) is 3.04. The van der Waals surface area contributed by atoms with Gasteiger partial charge in [-0.15, -0.1) is 0 Å². The molecule has 0 unspecified atom stereocenters. The molecule has 2 rings (SSSR count). The molecule has 0 saturated heterocycles. The van der Waals surface area contributed by atoms with E-state index in [0.29, 0.717) is 5.71 Å². The topological polar surface area (TPSA) is 47.4 Å². The third-order valence-corrected chi connectivity index (χ3v) is 2.49. The normalized spacial score (nSPS) is 11.5. The van der Waals surface area contributed by atoms with Gasteiger partial charge in [-0.05, 0) is 44.5 Å². The first-order chi connectivity index (χ1) is 9.04. The molecule has 4 nitrogen and oxygen atoms in total. The van der Waals surface area contributed by atoms with Gasteiger partial charge >= 0.3 is 6.01 Å². The number of benzene rings is 1. The molecule has 19 heavy (non-hydrogen) atoms. The zero-order valence-electron chi connectivity index (χ0n) is 11.0. The van der Waals surface area contributed by atoms with Crippen molar-refractivity contribution in [1.29, 1.82) is 0 Å². The van der Waals surface area contributed by atoms with Crippen LogP contribution in [0.2, 0.25) is 0 Å². The lowest BCUT2D eigenvalue weighted by molar-refractivity contribution is 0.311. The third-order valence-electron chi connectivity index (χ3n) is 2.49. The summed E-state index contributed by atoms with van der Waals surface area (Å²) >= 11 is 0. The molecule has 1 aromatic heterocycles. The standard InChI is InChI=1S/C14H14FN3O/c1-9-8-10(2)17-14(16-9)19-18-11(3)12-4-6-13(15)7-5-12/h4-8H,1-3H3/b18-11-. The molecular weight excluding hydrogens is 245 g/mol. The molecule has 0 fully saturated rings. The van der Waals surface area contributed by atoms with Crippen LogP contribution in [0.5, 0.6) is 6.01 Å². The lowest BCUT2D eigenvalue weighted by Gasteiger charge is -2.02. The van der Waals surface area contributed by atoms with E-state index in [-0.39, 0.29) is 11.8 Å². The second-order valence-corrected chi connectivity index (χ2v) is 4.21. The van der Waals surface area contributed by atoms with Crippen LogP contribution in [0.3, 0.4) is 0 Å². The van der Waals surface area contributed by atoms with E-state index in [1.54, 1.807) is 19.1 Å². The van der Waals surface area contributed by atoms with Crippen molar-refractivity contribution in [3.05, 3.63) is 53.1 Å². The molecule has 0 aliphatic carbocycles. The van der Waals surface area contributed by atoms with Crippen molar-refractivity contribution in [2.75, 3.05) is 0 Å². The third kappa shape index (κ3) is 3.58. The summed E-state index contributed by atoms with van der Waals surface area (Å²) in [7, 11) is 0. The molecule has 0 radical (unpaired) electrons. The monoisotopic (exact) mass is 259 g/mol. The highest BCUT2D eigenvalue weighted by Crippen LogP contribution is 2.08. The van der Waals surface area contributed by atoms with Crippen molar-refractivity contribution >= 4 is 5.71 Å². The van der Waals surface area contributed by atoms with Crippen LogP contribution in [0.1, 0.15) is 23.9 Å². The molecule has 2 aromatic rings. The summed E-state index contributed by atoms with van der Waals surface area (Å²) in [4.78, 5) is 13.4. The SMILES string of the molecule is C/C(=N/Oc1nc(C)cc(C)n1)c1ccc(F)cc1. The Morgan fingerprint density at radius 3 is 2.26 bits per heavy atom. The van der Waals surface area contributed by atoms with Crippen molar-refractivity contribution in [3.63, 3.8) is 0 Å². The van der Waals surface area contributed by atoms with Gasteiger partial charge in [-0.25, -0.2) is 4.39 Å². The van der Waals surface area contributed by atoms with Gasteiger partial charge < -0.3 is 4.84 Å². The second-order valence-electron chi connectivity index (χ2n) is 4.21. The molecule has 0 bridgehead atoms. The largest absolute Gasteiger partial charge is 0.346 e. The molecule has 0 atom stereocenters. The molecule has 0 amide bonds. The van der Waals surface area contributed by atoms with Gasteiger partial charge in [0.1, 0.15) is 5.82 Å². The first-order valence-electron chi connectivity index (χ1n) is 5.84. The maximum absolute atomic E-state index is 12.8. The van der Waals surface area contributed by atoms with Crippen molar-refractivity contribution < 1.29 is 9.23 Å². The number of aryl methyl sites for hydroxylation is 2. The van der Waals surface area contributed by atoms with Crippen LogP contribution < -0.4 is 4.84 Å². The minimum atomic E-state index is -0.282. The molecule has 0 saturated carbocycles. The van der Waals surface area contributed by atoms with Crippen LogP contribution in [0.15, 0.2) is 35.5 Å². The molecule has 1 heterocycles. The second kappa shape index (κ2) is 5.56. The van der Waals surface area contributed by atoms with Gasteiger partial charge in [-0.1, -0.05) is 17.3 Å². The minimum Gasteiger partial charge on any atom is -0.315 e. The average molecular weight is 259 g/mol. The van der Waals surface area contributed by atoms with E-state index in [4.69, 9.17) is 4.84 Å². The van der Waals surface area contributed by atoms with Gasteiger partial charge in [0.15, 0.2) is 0 Å². The van der Waals surface area contributed by atoms with Crippen molar-refractivity contribution in [2.24, 2.45) is 5.16 Å². The summed E-state index contributed by atoms with van der Waals surface area (Å²) in [6.07, 6.45) is 0. The van der Waals surface area contributed by atoms with Crippen LogP contribution in [0.4, 0.5) is 4.39 Å².